The van der Waals surface area contributed by atoms with Gasteiger partial charge in [0.05, 0.1) is 13.2 Å². The molecule has 138 valence electrons. The number of amides is 2. The largest absolute Gasteiger partial charge is 0.379 e. The minimum absolute atomic E-state index is 0.0297. The summed E-state index contributed by atoms with van der Waals surface area (Å²) in [5, 5.41) is 2.95. The fourth-order valence-electron chi connectivity index (χ4n) is 3.52. The molecule has 0 radical (unpaired) electrons. The molecule has 2 rings (SSSR count). The van der Waals surface area contributed by atoms with Crippen molar-refractivity contribution in [3.63, 3.8) is 0 Å². The highest BCUT2D eigenvalue weighted by atomic mass is 16.5. The molecule has 0 aliphatic carbocycles. The summed E-state index contributed by atoms with van der Waals surface area (Å²) in [6.45, 7) is 11.1. The van der Waals surface area contributed by atoms with Gasteiger partial charge in [-0.1, -0.05) is 6.92 Å². The van der Waals surface area contributed by atoms with Gasteiger partial charge in [0.25, 0.3) is 0 Å². The van der Waals surface area contributed by atoms with E-state index in [0.29, 0.717) is 6.54 Å². The molecule has 24 heavy (non-hydrogen) atoms. The van der Waals surface area contributed by atoms with E-state index in [0.717, 1.165) is 58.7 Å². The maximum absolute atomic E-state index is 12.9. The molecule has 1 unspecified atom stereocenters. The van der Waals surface area contributed by atoms with Crippen LogP contribution in [-0.4, -0.2) is 73.6 Å². The zero-order valence-electron chi connectivity index (χ0n) is 15.5. The molecule has 0 bridgehead atoms. The predicted molar refractivity (Wildman–Crippen MR) is 93.7 cm³/mol. The SMILES string of the molecule is CCC1CCCCN1C(=O)C(C)(C)C(=O)NCCN1CCOCC1. The molecule has 2 saturated heterocycles. The van der Waals surface area contributed by atoms with E-state index in [1.54, 1.807) is 13.8 Å². The third kappa shape index (κ3) is 4.70. The Morgan fingerprint density at radius 2 is 1.88 bits per heavy atom. The first kappa shape index (κ1) is 19.2. The average Bonchev–Trinajstić information content (AvgIpc) is 2.61. The van der Waals surface area contributed by atoms with E-state index in [-0.39, 0.29) is 17.9 Å². The van der Waals surface area contributed by atoms with Crippen LogP contribution in [0.4, 0.5) is 0 Å². The van der Waals surface area contributed by atoms with Gasteiger partial charge in [-0.2, -0.15) is 0 Å². The van der Waals surface area contributed by atoms with Crippen LogP contribution in [0.5, 0.6) is 0 Å². The van der Waals surface area contributed by atoms with Gasteiger partial charge in [-0.25, -0.2) is 0 Å². The number of nitrogens with one attached hydrogen (secondary N) is 1. The molecule has 2 heterocycles. The van der Waals surface area contributed by atoms with Crippen LogP contribution in [0, 0.1) is 5.41 Å². The second-order valence-corrected chi connectivity index (χ2v) is 7.39. The summed E-state index contributed by atoms with van der Waals surface area (Å²) >= 11 is 0. The highest BCUT2D eigenvalue weighted by molar-refractivity contribution is 6.04. The maximum Gasteiger partial charge on any atom is 0.237 e. The Labute approximate surface area is 145 Å². The minimum Gasteiger partial charge on any atom is -0.379 e. The summed E-state index contributed by atoms with van der Waals surface area (Å²) in [7, 11) is 0. The van der Waals surface area contributed by atoms with Crippen LogP contribution < -0.4 is 5.32 Å². The second kappa shape index (κ2) is 8.81. The molecule has 1 N–H and O–H groups in total. The van der Waals surface area contributed by atoms with Crippen molar-refractivity contribution in [3.8, 4) is 0 Å². The molecule has 6 nitrogen and oxygen atoms in total. The summed E-state index contributed by atoms with van der Waals surface area (Å²) in [5.41, 5.74) is -1.00. The zero-order valence-corrected chi connectivity index (χ0v) is 15.5. The van der Waals surface area contributed by atoms with Gasteiger partial charge in [0, 0.05) is 38.8 Å². The van der Waals surface area contributed by atoms with Crippen LogP contribution in [0.15, 0.2) is 0 Å². The molecule has 2 amide bonds. The molecule has 0 spiro atoms. The van der Waals surface area contributed by atoms with Crippen LogP contribution in [-0.2, 0) is 14.3 Å². The second-order valence-electron chi connectivity index (χ2n) is 7.39. The topological polar surface area (TPSA) is 61.9 Å². The Bertz CT molecular complexity index is 433. The van der Waals surface area contributed by atoms with Gasteiger partial charge in [0.1, 0.15) is 5.41 Å². The van der Waals surface area contributed by atoms with E-state index in [1.165, 1.54) is 6.42 Å². The number of nitrogens with zero attached hydrogens (tertiary/aromatic N) is 2. The summed E-state index contributed by atoms with van der Waals surface area (Å²) in [5.74, 6) is -0.195. The third-order valence-corrected chi connectivity index (χ3v) is 5.28. The molecule has 0 aromatic heterocycles. The van der Waals surface area contributed by atoms with Gasteiger partial charge in [-0.05, 0) is 39.5 Å². The van der Waals surface area contributed by atoms with E-state index in [1.807, 2.05) is 4.90 Å². The van der Waals surface area contributed by atoms with Crippen molar-refractivity contribution < 1.29 is 14.3 Å². The van der Waals surface area contributed by atoms with Crippen LogP contribution >= 0.6 is 0 Å². The first-order valence-electron chi connectivity index (χ1n) is 9.36. The molecule has 1 atom stereocenters. The number of hydrogen-bond acceptors (Lipinski definition) is 4. The van der Waals surface area contributed by atoms with E-state index in [2.05, 4.69) is 17.1 Å². The van der Waals surface area contributed by atoms with Crippen molar-refractivity contribution in [3.05, 3.63) is 0 Å². The maximum atomic E-state index is 12.9. The molecular weight excluding hydrogens is 306 g/mol. The van der Waals surface area contributed by atoms with Crippen molar-refractivity contribution in [1.29, 1.82) is 0 Å². The lowest BCUT2D eigenvalue weighted by Crippen LogP contribution is -2.54. The van der Waals surface area contributed by atoms with Gasteiger partial charge in [-0.15, -0.1) is 0 Å². The van der Waals surface area contributed by atoms with Crippen molar-refractivity contribution in [1.82, 2.24) is 15.1 Å². The number of morpholine rings is 1. The Morgan fingerprint density at radius 1 is 1.17 bits per heavy atom. The Balaban J connectivity index is 1.85. The van der Waals surface area contributed by atoms with Crippen LogP contribution in [0.25, 0.3) is 0 Å². The van der Waals surface area contributed by atoms with Gasteiger partial charge in [0.2, 0.25) is 11.8 Å². The first-order valence-corrected chi connectivity index (χ1v) is 9.36. The van der Waals surface area contributed by atoms with Gasteiger partial charge >= 0.3 is 0 Å². The Hall–Kier alpha value is -1.14. The number of likely N-dealkylation sites (tertiary alicyclic amines) is 1. The van der Waals surface area contributed by atoms with E-state index in [9.17, 15) is 9.59 Å². The quantitative estimate of drug-likeness (QED) is 0.740. The van der Waals surface area contributed by atoms with Crippen LogP contribution in [0.2, 0.25) is 0 Å². The standard InChI is InChI=1S/C18H33N3O3/c1-4-15-7-5-6-9-21(15)17(23)18(2,3)16(22)19-8-10-20-11-13-24-14-12-20/h15H,4-14H2,1-3H3,(H,19,22). The molecular formula is C18H33N3O3. The molecule has 0 aromatic carbocycles. The molecule has 2 aliphatic rings. The summed E-state index contributed by atoms with van der Waals surface area (Å²) in [4.78, 5) is 29.7. The van der Waals surface area contributed by atoms with E-state index < -0.39 is 5.41 Å². The molecule has 6 heteroatoms. The van der Waals surface area contributed by atoms with Crippen LogP contribution in [0.1, 0.15) is 46.5 Å². The van der Waals surface area contributed by atoms with E-state index >= 15 is 0 Å². The van der Waals surface area contributed by atoms with Gasteiger partial charge < -0.3 is 15.0 Å². The lowest BCUT2D eigenvalue weighted by molar-refractivity contribution is -0.151. The van der Waals surface area contributed by atoms with Crippen molar-refractivity contribution >= 4 is 11.8 Å². The van der Waals surface area contributed by atoms with Crippen molar-refractivity contribution in [2.45, 2.75) is 52.5 Å². The highest BCUT2D eigenvalue weighted by Gasteiger charge is 2.41. The zero-order chi connectivity index (χ0) is 17.6. The van der Waals surface area contributed by atoms with Crippen molar-refractivity contribution in [2.75, 3.05) is 45.9 Å². The van der Waals surface area contributed by atoms with Gasteiger partial charge in [0.15, 0.2) is 0 Å². The smallest absolute Gasteiger partial charge is 0.237 e. The highest BCUT2D eigenvalue weighted by Crippen LogP contribution is 2.27. The number of carbonyl (C=O) groups is 2. The number of rotatable bonds is 6. The normalized spacial score (nSPS) is 23.1. The number of carbonyl (C=O) groups excluding carboxylic acids is 2. The lowest BCUT2D eigenvalue weighted by Gasteiger charge is -2.39. The fraction of sp³-hybridized carbons (Fsp3) is 0.889. The predicted octanol–water partition coefficient (Wildman–Crippen LogP) is 1.25. The van der Waals surface area contributed by atoms with Gasteiger partial charge in [-0.3, -0.25) is 14.5 Å². The molecule has 2 fully saturated rings. The number of ether oxygens (including phenoxy) is 1. The molecule has 2 aliphatic heterocycles. The van der Waals surface area contributed by atoms with Crippen molar-refractivity contribution in [2.24, 2.45) is 5.41 Å². The fourth-order valence-corrected chi connectivity index (χ4v) is 3.52. The molecule has 0 saturated carbocycles. The lowest BCUT2D eigenvalue weighted by atomic mass is 9.87. The van der Waals surface area contributed by atoms with Crippen LogP contribution in [0.3, 0.4) is 0 Å². The number of hydrogen-bond donors (Lipinski definition) is 1. The third-order valence-electron chi connectivity index (χ3n) is 5.28. The summed E-state index contributed by atoms with van der Waals surface area (Å²) in [6, 6.07) is 0.284. The summed E-state index contributed by atoms with van der Waals surface area (Å²) < 4.78 is 5.32. The summed E-state index contributed by atoms with van der Waals surface area (Å²) in [6.07, 6.45) is 4.23. The Kier molecular flexibility index (Phi) is 7.04. The van der Waals surface area contributed by atoms with E-state index in [4.69, 9.17) is 4.74 Å². The monoisotopic (exact) mass is 339 g/mol. The Morgan fingerprint density at radius 3 is 2.54 bits per heavy atom. The first-order chi connectivity index (χ1) is 11.5. The molecule has 0 aromatic rings. The number of piperidine rings is 1. The average molecular weight is 339 g/mol. The minimum atomic E-state index is -1.00.